The molecule has 1 aliphatic rings. The fourth-order valence-electron chi connectivity index (χ4n) is 3.36. The van der Waals surface area contributed by atoms with E-state index in [1.165, 1.54) is 22.5 Å². The van der Waals surface area contributed by atoms with Gasteiger partial charge in [0.2, 0.25) is 0 Å². The Morgan fingerprint density at radius 2 is 2.20 bits per heavy atom. The molecule has 2 heterocycles. The third-order valence-electron chi connectivity index (χ3n) is 4.66. The summed E-state index contributed by atoms with van der Waals surface area (Å²) in [5, 5.41) is 4.38. The minimum Gasteiger partial charge on any atom is -0.462 e. The molecule has 25 heavy (non-hydrogen) atoms. The first kappa shape index (κ1) is 16.0. The zero-order valence-electron chi connectivity index (χ0n) is 14.2. The maximum absolute atomic E-state index is 12.1. The van der Waals surface area contributed by atoms with E-state index >= 15 is 0 Å². The number of carbonyl (C=O) groups is 1. The Morgan fingerprint density at radius 1 is 1.36 bits per heavy atom. The first-order chi connectivity index (χ1) is 12.2. The van der Waals surface area contributed by atoms with Crippen LogP contribution in [0.15, 0.2) is 30.6 Å². The maximum Gasteiger partial charge on any atom is 0.348 e. The number of carbonyl (C=O) groups excluding carboxylic acids is 1. The molecule has 6 heteroatoms. The van der Waals surface area contributed by atoms with Crippen molar-refractivity contribution in [1.82, 2.24) is 9.97 Å². The van der Waals surface area contributed by atoms with Crippen LogP contribution in [0.1, 0.15) is 39.2 Å². The number of nitrogens with zero attached hydrogens (tertiary/aromatic N) is 2. The molecule has 0 fully saturated rings. The van der Waals surface area contributed by atoms with E-state index in [1.807, 2.05) is 13.8 Å². The number of thiophene rings is 1. The minimum atomic E-state index is -0.290. The molecule has 128 valence electrons. The molecule has 0 bridgehead atoms. The van der Waals surface area contributed by atoms with Crippen molar-refractivity contribution in [3.8, 4) is 0 Å². The van der Waals surface area contributed by atoms with E-state index in [-0.39, 0.29) is 5.97 Å². The van der Waals surface area contributed by atoms with Gasteiger partial charge in [-0.3, -0.25) is 0 Å². The lowest BCUT2D eigenvalue weighted by molar-refractivity contribution is 0.0531. The van der Waals surface area contributed by atoms with Gasteiger partial charge in [0.1, 0.15) is 21.9 Å². The van der Waals surface area contributed by atoms with Crippen molar-refractivity contribution in [2.45, 2.75) is 26.2 Å². The second-order valence-electron chi connectivity index (χ2n) is 6.16. The number of benzene rings is 1. The highest BCUT2D eigenvalue weighted by Crippen LogP contribution is 2.37. The van der Waals surface area contributed by atoms with Gasteiger partial charge in [-0.25, -0.2) is 14.8 Å². The number of ether oxygens (including phenoxy) is 1. The maximum atomic E-state index is 12.1. The summed E-state index contributed by atoms with van der Waals surface area (Å²) in [5.74, 6) is 1.00. The average molecular weight is 353 g/mol. The quantitative estimate of drug-likeness (QED) is 0.704. The largest absolute Gasteiger partial charge is 0.462 e. The van der Waals surface area contributed by atoms with Crippen LogP contribution in [0.2, 0.25) is 0 Å². The van der Waals surface area contributed by atoms with Crippen molar-refractivity contribution in [3.05, 3.63) is 52.2 Å². The molecule has 2 aromatic heterocycles. The number of rotatable bonds is 5. The van der Waals surface area contributed by atoms with Crippen LogP contribution in [0, 0.1) is 6.92 Å². The zero-order chi connectivity index (χ0) is 17.4. The topological polar surface area (TPSA) is 64.1 Å². The molecule has 0 saturated heterocycles. The summed E-state index contributed by atoms with van der Waals surface area (Å²) in [6, 6.07) is 8.55. The molecule has 0 spiro atoms. The average Bonchev–Trinajstić information content (AvgIpc) is 2.94. The fraction of sp³-hybridized carbons (Fsp3) is 0.316. The summed E-state index contributed by atoms with van der Waals surface area (Å²) in [5.41, 5.74) is 3.73. The number of hydrogen-bond acceptors (Lipinski definition) is 6. The summed E-state index contributed by atoms with van der Waals surface area (Å²) in [6.45, 7) is 4.93. The molecule has 5 nitrogen and oxygen atoms in total. The first-order valence-electron chi connectivity index (χ1n) is 8.42. The highest BCUT2D eigenvalue weighted by atomic mass is 32.1. The number of fused-ring (bicyclic) bond motifs is 2. The second-order valence-corrected chi connectivity index (χ2v) is 7.16. The van der Waals surface area contributed by atoms with Gasteiger partial charge in [-0.15, -0.1) is 11.3 Å². The van der Waals surface area contributed by atoms with Crippen LogP contribution in [-0.4, -0.2) is 29.1 Å². The van der Waals surface area contributed by atoms with Crippen LogP contribution in [0.3, 0.4) is 0 Å². The molecule has 1 N–H and O–H groups in total. The number of hydrogen-bond donors (Lipinski definition) is 1. The molecular formula is C19H19N3O2S. The Hall–Kier alpha value is -2.47. The Balaban J connectivity index is 1.59. The number of aromatic nitrogens is 2. The number of esters is 1. The molecule has 0 radical (unpaired) electrons. The summed E-state index contributed by atoms with van der Waals surface area (Å²) in [4.78, 5) is 22.3. The third kappa shape index (κ3) is 2.76. The van der Waals surface area contributed by atoms with E-state index in [0.717, 1.165) is 34.6 Å². The molecule has 1 atom stereocenters. The predicted molar refractivity (Wildman–Crippen MR) is 99.5 cm³/mol. The molecule has 1 aliphatic carbocycles. The van der Waals surface area contributed by atoms with E-state index in [2.05, 4.69) is 39.6 Å². The van der Waals surface area contributed by atoms with Gasteiger partial charge in [0.05, 0.1) is 12.0 Å². The van der Waals surface area contributed by atoms with Gasteiger partial charge in [0.15, 0.2) is 0 Å². The Labute approximate surface area is 150 Å². The smallest absolute Gasteiger partial charge is 0.348 e. The van der Waals surface area contributed by atoms with E-state index in [1.54, 1.807) is 6.33 Å². The number of anilines is 1. The molecule has 4 rings (SSSR count). The van der Waals surface area contributed by atoms with Crippen molar-refractivity contribution in [2.75, 3.05) is 18.5 Å². The van der Waals surface area contributed by atoms with Crippen molar-refractivity contribution in [1.29, 1.82) is 0 Å². The molecule has 3 aromatic rings. The van der Waals surface area contributed by atoms with Crippen LogP contribution in [0.4, 0.5) is 5.82 Å². The number of nitrogens with one attached hydrogen (secondary N) is 1. The lowest BCUT2D eigenvalue weighted by atomic mass is 9.77. The summed E-state index contributed by atoms with van der Waals surface area (Å²) in [7, 11) is 0. The summed E-state index contributed by atoms with van der Waals surface area (Å²) < 4.78 is 5.14. The van der Waals surface area contributed by atoms with E-state index in [4.69, 9.17) is 4.74 Å². The SMILES string of the molecule is CCOC(=O)c1sc2ncnc(NCC3Cc4ccccc43)c2c1C. The molecule has 0 saturated carbocycles. The lowest BCUT2D eigenvalue weighted by Crippen LogP contribution is -2.24. The second kappa shape index (κ2) is 6.44. The van der Waals surface area contributed by atoms with Crippen LogP contribution in [-0.2, 0) is 11.2 Å². The lowest BCUT2D eigenvalue weighted by Gasteiger charge is -2.30. The van der Waals surface area contributed by atoms with Crippen molar-refractivity contribution >= 4 is 33.3 Å². The van der Waals surface area contributed by atoms with Gasteiger partial charge < -0.3 is 10.1 Å². The number of aryl methyl sites for hydroxylation is 1. The van der Waals surface area contributed by atoms with Crippen LogP contribution in [0.5, 0.6) is 0 Å². The fourth-order valence-corrected chi connectivity index (χ4v) is 4.40. The molecular weight excluding hydrogens is 334 g/mol. The molecule has 0 amide bonds. The Bertz CT molecular complexity index is 951. The van der Waals surface area contributed by atoms with Gasteiger partial charge in [0, 0.05) is 12.5 Å². The van der Waals surface area contributed by atoms with Crippen LogP contribution in [0.25, 0.3) is 10.2 Å². The molecule has 1 unspecified atom stereocenters. The van der Waals surface area contributed by atoms with Gasteiger partial charge in [-0.2, -0.15) is 0 Å². The zero-order valence-corrected chi connectivity index (χ0v) is 15.0. The van der Waals surface area contributed by atoms with E-state index in [9.17, 15) is 4.79 Å². The third-order valence-corrected chi connectivity index (χ3v) is 5.84. The van der Waals surface area contributed by atoms with Gasteiger partial charge in [-0.1, -0.05) is 24.3 Å². The first-order valence-corrected chi connectivity index (χ1v) is 9.23. The monoisotopic (exact) mass is 353 g/mol. The predicted octanol–water partition coefficient (Wildman–Crippen LogP) is 3.93. The van der Waals surface area contributed by atoms with Crippen LogP contribution < -0.4 is 5.32 Å². The standard InChI is InChI=1S/C19H19N3O2S/c1-3-24-19(23)16-11(2)15-17(21-10-22-18(15)25-16)20-9-13-8-12-6-4-5-7-14(12)13/h4-7,10,13H,3,8-9H2,1-2H3,(H,20,21,22). The van der Waals surface area contributed by atoms with Gasteiger partial charge >= 0.3 is 5.97 Å². The molecule has 1 aromatic carbocycles. The van der Waals surface area contributed by atoms with Crippen molar-refractivity contribution in [2.24, 2.45) is 0 Å². The van der Waals surface area contributed by atoms with E-state index in [0.29, 0.717) is 17.4 Å². The van der Waals surface area contributed by atoms with Crippen molar-refractivity contribution < 1.29 is 9.53 Å². The summed E-state index contributed by atoms with van der Waals surface area (Å²) in [6.07, 6.45) is 2.64. The highest BCUT2D eigenvalue weighted by molar-refractivity contribution is 7.20. The van der Waals surface area contributed by atoms with Crippen molar-refractivity contribution in [3.63, 3.8) is 0 Å². The van der Waals surface area contributed by atoms with Gasteiger partial charge in [0.25, 0.3) is 0 Å². The van der Waals surface area contributed by atoms with E-state index < -0.39 is 0 Å². The molecule has 0 aliphatic heterocycles. The minimum absolute atomic E-state index is 0.290. The normalized spacial score (nSPS) is 15.5. The Morgan fingerprint density at radius 3 is 3.00 bits per heavy atom. The highest BCUT2D eigenvalue weighted by Gasteiger charge is 2.26. The van der Waals surface area contributed by atoms with Gasteiger partial charge in [-0.05, 0) is 37.0 Å². The van der Waals surface area contributed by atoms with Crippen LogP contribution >= 0.6 is 11.3 Å². The Kier molecular flexibility index (Phi) is 4.13. The summed E-state index contributed by atoms with van der Waals surface area (Å²) >= 11 is 1.36.